The first-order valence-electron chi connectivity index (χ1n) is 10.3. The third-order valence-corrected chi connectivity index (χ3v) is 5.85. The SMILES string of the molecule is CCn1cc(CN(CCOC)C(=O)C2CCN(C3CCOCC3)CC2)cn1. The Morgan fingerprint density at radius 2 is 2.04 bits per heavy atom. The molecule has 0 saturated carbocycles. The molecule has 0 atom stereocenters. The Bertz CT molecular complexity index is 578. The number of nitrogens with zero attached hydrogens (tertiary/aromatic N) is 4. The van der Waals surface area contributed by atoms with Gasteiger partial charge >= 0.3 is 0 Å². The fourth-order valence-corrected chi connectivity index (χ4v) is 4.17. The Labute approximate surface area is 162 Å². The normalized spacial score (nSPS) is 20.1. The second kappa shape index (κ2) is 10.2. The van der Waals surface area contributed by atoms with Gasteiger partial charge in [-0.3, -0.25) is 9.48 Å². The number of methoxy groups -OCH3 is 1. The third kappa shape index (κ3) is 5.53. The fraction of sp³-hybridized carbons (Fsp3) is 0.800. The summed E-state index contributed by atoms with van der Waals surface area (Å²) in [6.45, 7) is 8.51. The molecule has 27 heavy (non-hydrogen) atoms. The van der Waals surface area contributed by atoms with Crippen LogP contribution in [0.15, 0.2) is 12.4 Å². The van der Waals surface area contributed by atoms with E-state index in [1.165, 1.54) is 0 Å². The van der Waals surface area contributed by atoms with E-state index in [1.807, 2.05) is 22.0 Å². The van der Waals surface area contributed by atoms with Crippen molar-refractivity contribution in [1.29, 1.82) is 0 Å². The molecule has 3 rings (SSSR count). The first-order chi connectivity index (χ1) is 13.2. The summed E-state index contributed by atoms with van der Waals surface area (Å²) >= 11 is 0. The van der Waals surface area contributed by atoms with E-state index in [-0.39, 0.29) is 11.8 Å². The number of piperidine rings is 1. The largest absolute Gasteiger partial charge is 0.383 e. The molecule has 0 N–H and O–H groups in total. The molecule has 1 amide bonds. The van der Waals surface area contributed by atoms with Gasteiger partial charge in [-0.05, 0) is 45.7 Å². The number of likely N-dealkylation sites (tertiary alicyclic amines) is 1. The van der Waals surface area contributed by atoms with Crippen molar-refractivity contribution >= 4 is 5.91 Å². The Morgan fingerprint density at radius 1 is 1.30 bits per heavy atom. The van der Waals surface area contributed by atoms with E-state index in [0.29, 0.717) is 25.7 Å². The molecule has 3 heterocycles. The number of carbonyl (C=O) groups excluding carboxylic acids is 1. The summed E-state index contributed by atoms with van der Waals surface area (Å²) in [5.74, 6) is 0.391. The minimum atomic E-state index is 0.124. The summed E-state index contributed by atoms with van der Waals surface area (Å²) < 4.78 is 12.6. The molecule has 0 unspecified atom stereocenters. The van der Waals surface area contributed by atoms with E-state index < -0.39 is 0 Å². The maximum atomic E-state index is 13.2. The topological polar surface area (TPSA) is 59.8 Å². The number of aromatic nitrogens is 2. The highest BCUT2D eigenvalue weighted by Gasteiger charge is 2.31. The monoisotopic (exact) mass is 378 g/mol. The second-order valence-electron chi connectivity index (χ2n) is 7.61. The van der Waals surface area contributed by atoms with Gasteiger partial charge in [-0.25, -0.2) is 0 Å². The molecule has 1 aromatic rings. The van der Waals surface area contributed by atoms with E-state index >= 15 is 0 Å². The van der Waals surface area contributed by atoms with Crippen LogP contribution in [0.2, 0.25) is 0 Å². The van der Waals surface area contributed by atoms with Gasteiger partial charge in [0.15, 0.2) is 0 Å². The van der Waals surface area contributed by atoms with Gasteiger partial charge in [-0.1, -0.05) is 0 Å². The molecular formula is C20H34N4O3. The van der Waals surface area contributed by atoms with Gasteiger partial charge in [0.05, 0.1) is 12.8 Å². The number of hydrogen-bond donors (Lipinski definition) is 0. The first-order valence-corrected chi connectivity index (χ1v) is 10.3. The molecule has 0 radical (unpaired) electrons. The van der Waals surface area contributed by atoms with Crippen molar-refractivity contribution in [2.45, 2.75) is 51.7 Å². The van der Waals surface area contributed by atoms with Crippen LogP contribution in [0.25, 0.3) is 0 Å². The Balaban J connectivity index is 1.55. The molecule has 1 aromatic heterocycles. The molecular weight excluding hydrogens is 344 g/mol. The summed E-state index contributed by atoms with van der Waals surface area (Å²) in [5.41, 5.74) is 1.08. The Hall–Kier alpha value is -1.44. The highest BCUT2D eigenvalue weighted by Crippen LogP contribution is 2.25. The van der Waals surface area contributed by atoms with Crippen LogP contribution in [0.5, 0.6) is 0 Å². The number of aryl methyl sites for hydroxylation is 1. The summed E-state index contributed by atoms with van der Waals surface area (Å²) in [4.78, 5) is 17.7. The smallest absolute Gasteiger partial charge is 0.226 e. The third-order valence-electron chi connectivity index (χ3n) is 5.85. The molecule has 7 heteroatoms. The van der Waals surface area contributed by atoms with E-state index in [4.69, 9.17) is 9.47 Å². The number of carbonyl (C=O) groups is 1. The second-order valence-corrected chi connectivity index (χ2v) is 7.61. The summed E-state index contributed by atoms with van der Waals surface area (Å²) in [6.07, 6.45) is 8.05. The number of rotatable bonds is 8. The molecule has 2 aliphatic heterocycles. The fourth-order valence-electron chi connectivity index (χ4n) is 4.17. The van der Waals surface area contributed by atoms with Crippen molar-refractivity contribution < 1.29 is 14.3 Å². The van der Waals surface area contributed by atoms with Crippen molar-refractivity contribution in [1.82, 2.24) is 19.6 Å². The molecule has 0 aliphatic carbocycles. The van der Waals surface area contributed by atoms with Crippen molar-refractivity contribution in [3.63, 3.8) is 0 Å². The zero-order valence-corrected chi connectivity index (χ0v) is 16.8. The van der Waals surface area contributed by atoms with Gasteiger partial charge in [-0.15, -0.1) is 0 Å². The lowest BCUT2D eigenvalue weighted by Crippen LogP contribution is -2.47. The van der Waals surface area contributed by atoms with Crippen LogP contribution in [0, 0.1) is 5.92 Å². The zero-order chi connectivity index (χ0) is 19.1. The number of amides is 1. The lowest BCUT2D eigenvalue weighted by atomic mass is 9.93. The highest BCUT2D eigenvalue weighted by atomic mass is 16.5. The molecule has 2 aliphatic rings. The van der Waals surface area contributed by atoms with Crippen LogP contribution < -0.4 is 0 Å². The molecule has 0 bridgehead atoms. The van der Waals surface area contributed by atoms with Crippen LogP contribution in [0.3, 0.4) is 0 Å². The molecule has 152 valence electrons. The Kier molecular flexibility index (Phi) is 7.67. The molecule has 2 fully saturated rings. The highest BCUT2D eigenvalue weighted by molar-refractivity contribution is 5.79. The van der Waals surface area contributed by atoms with Crippen LogP contribution in [0.1, 0.15) is 38.2 Å². The summed E-state index contributed by atoms with van der Waals surface area (Å²) in [7, 11) is 1.68. The van der Waals surface area contributed by atoms with Crippen LogP contribution in [-0.4, -0.2) is 78.1 Å². The number of hydrogen-bond acceptors (Lipinski definition) is 5. The van der Waals surface area contributed by atoms with Gasteiger partial charge < -0.3 is 19.3 Å². The quantitative estimate of drug-likeness (QED) is 0.690. The van der Waals surface area contributed by atoms with Gasteiger partial charge in [-0.2, -0.15) is 5.10 Å². The van der Waals surface area contributed by atoms with Crippen LogP contribution >= 0.6 is 0 Å². The maximum absolute atomic E-state index is 13.2. The minimum Gasteiger partial charge on any atom is -0.383 e. The lowest BCUT2D eigenvalue weighted by Gasteiger charge is -2.39. The Morgan fingerprint density at radius 3 is 2.67 bits per heavy atom. The predicted molar refractivity (Wildman–Crippen MR) is 103 cm³/mol. The van der Waals surface area contributed by atoms with Gasteiger partial charge in [0.2, 0.25) is 5.91 Å². The predicted octanol–water partition coefficient (Wildman–Crippen LogP) is 1.77. The summed E-state index contributed by atoms with van der Waals surface area (Å²) in [5, 5.41) is 4.33. The minimum absolute atomic E-state index is 0.124. The van der Waals surface area contributed by atoms with Crippen LogP contribution in [0.4, 0.5) is 0 Å². The van der Waals surface area contributed by atoms with Crippen molar-refractivity contribution in [2.24, 2.45) is 5.92 Å². The molecule has 0 aromatic carbocycles. The first kappa shape index (κ1) is 20.3. The average molecular weight is 379 g/mol. The molecule has 7 nitrogen and oxygen atoms in total. The molecule has 0 spiro atoms. The number of ether oxygens (including phenoxy) is 2. The molecule has 2 saturated heterocycles. The zero-order valence-electron chi connectivity index (χ0n) is 16.8. The van der Waals surface area contributed by atoms with E-state index in [9.17, 15) is 4.79 Å². The average Bonchev–Trinajstić information content (AvgIpc) is 3.19. The van der Waals surface area contributed by atoms with Gasteiger partial charge in [0, 0.05) is 63.7 Å². The van der Waals surface area contributed by atoms with E-state index in [2.05, 4.69) is 16.9 Å². The van der Waals surface area contributed by atoms with Gasteiger partial charge in [0.1, 0.15) is 0 Å². The van der Waals surface area contributed by atoms with Crippen molar-refractivity contribution in [3.05, 3.63) is 18.0 Å². The van der Waals surface area contributed by atoms with Gasteiger partial charge in [0.25, 0.3) is 0 Å². The van der Waals surface area contributed by atoms with Crippen LogP contribution in [-0.2, 0) is 27.4 Å². The van der Waals surface area contributed by atoms with Crippen molar-refractivity contribution in [2.75, 3.05) is 46.6 Å². The van der Waals surface area contributed by atoms with E-state index in [0.717, 1.165) is 64.1 Å². The van der Waals surface area contributed by atoms with Crippen molar-refractivity contribution in [3.8, 4) is 0 Å². The van der Waals surface area contributed by atoms with E-state index in [1.54, 1.807) is 7.11 Å². The lowest BCUT2D eigenvalue weighted by molar-refractivity contribution is -0.138. The summed E-state index contributed by atoms with van der Waals surface area (Å²) in [6, 6.07) is 0.638. The standard InChI is InChI=1S/C20H34N4O3/c1-3-24-16-17(14-21-24)15-23(10-13-26-2)20(25)18-4-8-22(9-5-18)19-6-11-27-12-7-19/h14,16,18-19H,3-13,15H2,1-2H3. The maximum Gasteiger partial charge on any atom is 0.226 e.